The Morgan fingerprint density at radius 2 is 1.95 bits per heavy atom. The quantitative estimate of drug-likeness (QED) is 0.615. The molecule has 116 valence electrons. The molecule has 1 aromatic rings. The average molecular weight is 330 g/mol. The first-order chi connectivity index (χ1) is 10.1. The van der Waals surface area contributed by atoms with E-state index in [1.54, 1.807) is 6.07 Å². The molecule has 1 aromatic carbocycles. The van der Waals surface area contributed by atoms with E-state index in [0.29, 0.717) is 10.0 Å². The summed E-state index contributed by atoms with van der Waals surface area (Å²) in [7, 11) is 0. The van der Waals surface area contributed by atoms with Crippen LogP contribution in [0.15, 0.2) is 24.3 Å². The Morgan fingerprint density at radius 3 is 2.71 bits per heavy atom. The van der Waals surface area contributed by atoms with Crippen LogP contribution in [-0.4, -0.2) is 24.2 Å². The second kappa shape index (κ2) is 10.7. The largest absolute Gasteiger partial charge is 0.481 e. The summed E-state index contributed by atoms with van der Waals surface area (Å²) in [6.45, 7) is 1.80. The van der Waals surface area contributed by atoms with Gasteiger partial charge in [0.25, 0.3) is 0 Å². The number of carboxylic acid groups (broad SMARTS) is 1. The number of rotatable bonds is 10. The van der Waals surface area contributed by atoms with Crippen molar-refractivity contribution in [1.82, 2.24) is 5.32 Å². The zero-order valence-corrected chi connectivity index (χ0v) is 13.5. The minimum Gasteiger partial charge on any atom is -0.481 e. The fraction of sp³-hybridized carbons (Fsp3) is 0.438. The summed E-state index contributed by atoms with van der Waals surface area (Å²) in [5.74, 6) is -0.722. The van der Waals surface area contributed by atoms with Crippen molar-refractivity contribution in [3.8, 4) is 0 Å². The maximum atomic E-state index is 10.3. The Hall–Kier alpha value is -1.03. The van der Waals surface area contributed by atoms with Crippen LogP contribution in [0.2, 0.25) is 10.0 Å². The van der Waals surface area contributed by atoms with Crippen LogP contribution in [0.1, 0.15) is 37.7 Å². The topological polar surface area (TPSA) is 49.3 Å². The van der Waals surface area contributed by atoms with E-state index in [4.69, 9.17) is 28.3 Å². The predicted octanol–water partition coefficient (Wildman–Crippen LogP) is 4.63. The van der Waals surface area contributed by atoms with E-state index in [1.807, 2.05) is 18.2 Å². The lowest BCUT2D eigenvalue weighted by atomic mass is 10.2. The maximum Gasteiger partial charge on any atom is 0.303 e. The Bertz CT molecular complexity index is 475. The highest BCUT2D eigenvalue weighted by molar-refractivity contribution is 6.42. The number of halogens is 2. The molecule has 0 saturated carbocycles. The molecule has 2 N–H and O–H groups in total. The minimum absolute atomic E-state index is 0.255. The molecule has 0 unspecified atom stereocenters. The first-order valence-electron chi connectivity index (χ1n) is 7.14. The normalized spacial score (nSPS) is 11.1. The van der Waals surface area contributed by atoms with E-state index in [0.717, 1.165) is 44.3 Å². The van der Waals surface area contributed by atoms with Crippen molar-refractivity contribution < 1.29 is 9.90 Å². The summed E-state index contributed by atoms with van der Waals surface area (Å²) in [4.78, 5) is 10.3. The summed E-state index contributed by atoms with van der Waals surface area (Å²) >= 11 is 12.0. The summed E-state index contributed by atoms with van der Waals surface area (Å²) in [6.07, 6.45) is 7.96. The van der Waals surface area contributed by atoms with Crippen molar-refractivity contribution in [2.45, 2.75) is 32.1 Å². The molecule has 1 rings (SSSR count). The van der Waals surface area contributed by atoms with Gasteiger partial charge < -0.3 is 10.4 Å². The monoisotopic (exact) mass is 329 g/mol. The van der Waals surface area contributed by atoms with Crippen LogP contribution >= 0.6 is 23.2 Å². The molecule has 0 amide bonds. The van der Waals surface area contributed by atoms with Gasteiger partial charge in [0.05, 0.1) is 10.0 Å². The van der Waals surface area contributed by atoms with E-state index < -0.39 is 5.97 Å². The number of benzene rings is 1. The number of carboxylic acids is 1. The van der Waals surface area contributed by atoms with Crippen molar-refractivity contribution in [2.75, 3.05) is 13.1 Å². The molecule has 0 aromatic heterocycles. The first kappa shape index (κ1) is 18.0. The van der Waals surface area contributed by atoms with Crippen LogP contribution in [-0.2, 0) is 4.79 Å². The molecule has 0 aliphatic carbocycles. The molecule has 0 atom stereocenters. The van der Waals surface area contributed by atoms with Crippen LogP contribution in [0.4, 0.5) is 0 Å². The van der Waals surface area contributed by atoms with Crippen LogP contribution in [0, 0.1) is 0 Å². The third-order valence-electron chi connectivity index (χ3n) is 3.00. The maximum absolute atomic E-state index is 10.3. The number of hydrogen-bond donors (Lipinski definition) is 2. The molecular weight excluding hydrogens is 309 g/mol. The lowest BCUT2D eigenvalue weighted by molar-refractivity contribution is -0.137. The number of hydrogen-bond acceptors (Lipinski definition) is 2. The fourth-order valence-electron chi connectivity index (χ4n) is 1.86. The van der Waals surface area contributed by atoms with E-state index in [-0.39, 0.29) is 6.42 Å². The molecule has 0 heterocycles. The Balaban J connectivity index is 2.07. The van der Waals surface area contributed by atoms with E-state index in [1.165, 1.54) is 0 Å². The second-order valence-corrected chi connectivity index (χ2v) is 5.57. The van der Waals surface area contributed by atoms with Gasteiger partial charge >= 0.3 is 5.97 Å². The van der Waals surface area contributed by atoms with Crippen LogP contribution in [0.3, 0.4) is 0 Å². The van der Waals surface area contributed by atoms with Gasteiger partial charge in [-0.05, 0) is 50.4 Å². The number of carbonyl (C=O) groups is 1. The van der Waals surface area contributed by atoms with Gasteiger partial charge in [-0.15, -0.1) is 0 Å². The van der Waals surface area contributed by atoms with Crippen LogP contribution < -0.4 is 5.32 Å². The Morgan fingerprint density at radius 1 is 1.19 bits per heavy atom. The molecule has 0 fully saturated rings. The van der Waals surface area contributed by atoms with Gasteiger partial charge in [-0.1, -0.05) is 47.5 Å². The molecule has 0 spiro atoms. The summed E-state index contributed by atoms with van der Waals surface area (Å²) < 4.78 is 0. The van der Waals surface area contributed by atoms with Gasteiger partial charge in [-0.2, -0.15) is 0 Å². The zero-order valence-electron chi connectivity index (χ0n) is 11.9. The highest BCUT2D eigenvalue weighted by Gasteiger charge is 2.00. The molecule has 0 bridgehead atoms. The fourth-order valence-corrected chi connectivity index (χ4v) is 2.23. The molecule has 0 saturated heterocycles. The van der Waals surface area contributed by atoms with E-state index in [9.17, 15) is 4.79 Å². The molecule has 21 heavy (non-hydrogen) atoms. The zero-order chi connectivity index (χ0) is 15.5. The van der Waals surface area contributed by atoms with E-state index in [2.05, 4.69) is 11.4 Å². The average Bonchev–Trinajstić information content (AvgIpc) is 2.45. The SMILES string of the molecule is O=C(O)CCCCNCCCC=Cc1cccc(Cl)c1Cl. The van der Waals surface area contributed by atoms with E-state index >= 15 is 0 Å². The lowest BCUT2D eigenvalue weighted by Gasteiger charge is -2.03. The summed E-state index contributed by atoms with van der Waals surface area (Å²) in [5.41, 5.74) is 0.936. The van der Waals surface area contributed by atoms with Crippen molar-refractivity contribution >= 4 is 35.2 Å². The number of unbranched alkanes of at least 4 members (excludes halogenated alkanes) is 2. The van der Waals surface area contributed by atoms with Gasteiger partial charge in [-0.25, -0.2) is 0 Å². The van der Waals surface area contributed by atoms with Gasteiger partial charge in [0, 0.05) is 6.42 Å². The van der Waals surface area contributed by atoms with Crippen molar-refractivity contribution in [3.63, 3.8) is 0 Å². The molecule has 0 aliphatic heterocycles. The molecule has 0 radical (unpaired) electrons. The lowest BCUT2D eigenvalue weighted by Crippen LogP contribution is -2.16. The Kier molecular flexibility index (Phi) is 9.15. The van der Waals surface area contributed by atoms with Crippen LogP contribution in [0.5, 0.6) is 0 Å². The molecule has 0 aliphatic rings. The standard InChI is InChI=1S/C16H21Cl2NO2/c17-14-9-6-8-13(16(14)18)7-2-1-4-11-19-12-5-3-10-15(20)21/h2,6-9,19H,1,3-5,10-12H2,(H,20,21). The summed E-state index contributed by atoms with van der Waals surface area (Å²) in [5, 5.41) is 13.0. The summed E-state index contributed by atoms with van der Waals surface area (Å²) in [6, 6.07) is 5.59. The third-order valence-corrected chi connectivity index (χ3v) is 3.83. The molecule has 3 nitrogen and oxygen atoms in total. The van der Waals surface area contributed by atoms with Gasteiger partial charge in [0.1, 0.15) is 0 Å². The van der Waals surface area contributed by atoms with Crippen LogP contribution in [0.25, 0.3) is 6.08 Å². The number of nitrogens with one attached hydrogen (secondary N) is 1. The third kappa shape index (κ3) is 8.10. The Labute approximate surface area is 136 Å². The smallest absolute Gasteiger partial charge is 0.303 e. The number of allylic oxidation sites excluding steroid dienone is 1. The number of aliphatic carboxylic acids is 1. The highest BCUT2D eigenvalue weighted by atomic mass is 35.5. The second-order valence-electron chi connectivity index (χ2n) is 4.79. The first-order valence-corrected chi connectivity index (χ1v) is 7.90. The van der Waals surface area contributed by atoms with Gasteiger partial charge in [0.2, 0.25) is 0 Å². The van der Waals surface area contributed by atoms with Crippen molar-refractivity contribution in [3.05, 3.63) is 39.9 Å². The van der Waals surface area contributed by atoms with Gasteiger partial charge in [-0.3, -0.25) is 4.79 Å². The van der Waals surface area contributed by atoms with Gasteiger partial charge in [0.15, 0.2) is 0 Å². The van der Waals surface area contributed by atoms with Crippen molar-refractivity contribution in [2.24, 2.45) is 0 Å². The predicted molar refractivity (Wildman–Crippen MR) is 89.1 cm³/mol. The van der Waals surface area contributed by atoms with Crippen molar-refractivity contribution in [1.29, 1.82) is 0 Å². The minimum atomic E-state index is -0.722. The highest BCUT2D eigenvalue weighted by Crippen LogP contribution is 2.26. The molecule has 5 heteroatoms. The molecular formula is C16H21Cl2NO2.